The number of hydrogen-bond donors (Lipinski definition) is 2. The van der Waals surface area contributed by atoms with Gasteiger partial charge >= 0.3 is 0 Å². The fourth-order valence-electron chi connectivity index (χ4n) is 2.02. The molecule has 0 bridgehead atoms. The third kappa shape index (κ3) is 2.18. The molecule has 0 amide bonds. The predicted molar refractivity (Wildman–Crippen MR) is 69.3 cm³/mol. The highest BCUT2D eigenvalue weighted by Gasteiger charge is 2.16. The molecule has 6 heteroatoms. The zero-order valence-electron chi connectivity index (χ0n) is 9.35. The Bertz CT molecular complexity index is 521. The Kier molecular flexibility index (Phi) is 2.82. The standard InChI is InChI=1S/C11H14N4OS/c12-11-14-9(8-3-5-17-10(8)15-11)13-6-7-2-1-4-16-7/h3,5,7H,1-2,4,6H2,(H3,12,13,14,15). The first-order chi connectivity index (χ1) is 8.33. The molecule has 1 unspecified atom stereocenters. The maximum Gasteiger partial charge on any atom is 0.223 e. The minimum absolute atomic E-state index is 0.292. The zero-order chi connectivity index (χ0) is 11.7. The lowest BCUT2D eigenvalue weighted by atomic mass is 10.2. The first kappa shape index (κ1) is 10.7. The Morgan fingerprint density at radius 1 is 1.53 bits per heavy atom. The molecule has 0 aliphatic carbocycles. The molecule has 1 atom stereocenters. The van der Waals surface area contributed by atoms with Crippen LogP contribution in [0.15, 0.2) is 11.4 Å². The van der Waals surface area contributed by atoms with Gasteiger partial charge in [-0.3, -0.25) is 0 Å². The normalized spacial score (nSPS) is 19.9. The third-order valence-electron chi connectivity index (χ3n) is 2.86. The number of nitrogens with two attached hydrogens (primary N) is 1. The van der Waals surface area contributed by atoms with Gasteiger partial charge in [0.25, 0.3) is 0 Å². The summed E-state index contributed by atoms with van der Waals surface area (Å²) >= 11 is 1.57. The molecule has 2 aromatic heterocycles. The molecular weight excluding hydrogens is 236 g/mol. The van der Waals surface area contributed by atoms with E-state index in [1.165, 1.54) is 0 Å². The molecule has 0 aromatic carbocycles. The molecule has 0 spiro atoms. The number of aromatic nitrogens is 2. The fourth-order valence-corrected chi connectivity index (χ4v) is 2.79. The van der Waals surface area contributed by atoms with E-state index in [9.17, 15) is 0 Å². The molecule has 1 saturated heterocycles. The lowest BCUT2D eigenvalue weighted by Gasteiger charge is -2.12. The summed E-state index contributed by atoms with van der Waals surface area (Å²) in [7, 11) is 0. The van der Waals surface area contributed by atoms with Crippen LogP contribution in [0.3, 0.4) is 0 Å². The summed E-state index contributed by atoms with van der Waals surface area (Å²) in [5, 5.41) is 6.33. The average molecular weight is 250 g/mol. The molecule has 3 rings (SSSR count). The van der Waals surface area contributed by atoms with Crippen LogP contribution in [-0.2, 0) is 4.74 Å². The minimum atomic E-state index is 0.292. The Balaban J connectivity index is 1.81. The van der Waals surface area contributed by atoms with Crippen molar-refractivity contribution in [2.75, 3.05) is 24.2 Å². The van der Waals surface area contributed by atoms with Gasteiger partial charge in [-0.25, -0.2) is 4.98 Å². The number of nitrogens with zero attached hydrogens (tertiary/aromatic N) is 2. The number of hydrogen-bond acceptors (Lipinski definition) is 6. The Labute approximate surface area is 103 Å². The minimum Gasteiger partial charge on any atom is -0.376 e. The van der Waals surface area contributed by atoms with E-state index in [2.05, 4.69) is 15.3 Å². The summed E-state index contributed by atoms with van der Waals surface area (Å²) in [6.07, 6.45) is 2.55. The van der Waals surface area contributed by atoms with Gasteiger partial charge < -0.3 is 15.8 Å². The molecule has 1 aliphatic rings. The molecular formula is C11H14N4OS. The number of thiophene rings is 1. The van der Waals surface area contributed by atoms with Gasteiger partial charge in [-0.05, 0) is 24.3 Å². The summed E-state index contributed by atoms with van der Waals surface area (Å²) in [5.74, 6) is 1.12. The van der Waals surface area contributed by atoms with Crippen molar-refractivity contribution < 1.29 is 4.74 Å². The molecule has 90 valence electrons. The van der Waals surface area contributed by atoms with Crippen LogP contribution in [0.4, 0.5) is 11.8 Å². The van der Waals surface area contributed by atoms with Gasteiger partial charge in [0.05, 0.1) is 11.5 Å². The van der Waals surface area contributed by atoms with Crippen molar-refractivity contribution in [2.24, 2.45) is 0 Å². The fraction of sp³-hybridized carbons (Fsp3) is 0.455. The average Bonchev–Trinajstić information content (AvgIpc) is 2.95. The molecule has 5 nitrogen and oxygen atoms in total. The predicted octanol–water partition coefficient (Wildman–Crippen LogP) is 1.86. The number of ether oxygens (including phenoxy) is 1. The van der Waals surface area contributed by atoms with E-state index >= 15 is 0 Å². The number of nitrogen functional groups attached to an aromatic ring is 1. The molecule has 3 N–H and O–H groups in total. The maximum absolute atomic E-state index is 5.68. The SMILES string of the molecule is Nc1nc(NCC2CCCO2)c2ccsc2n1. The first-order valence-electron chi connectivity index (χ1n) is 5.69. The van der Waals surface area contributed by atoms with Crippen LogP contribution in [0.5, 0.6) is 0 Å². The zero-order valence-corrected chi connectivity index (χ0v) is 10.2. The number of fused-ring (bicyclic) bond motifs is 1. The van der Waals surface area contributed by atoms with E-state index in [1.807, 2.05) is 11.4 Å². The highest BCUT2D eigenvalue weighted by atomic mass is 32.1. The largest absolute Gasteiger partial charge is 0.376 e. The van der Waals surface area contributed by atoms with Crippen LogP contribution in [-0.4, -0.2) is 29.2 Å². The van der Waals surface area contributed by atoms with E-state index in [1.54, 1.807) is 11.3 Å². The smallest absolute Gasteiger partial charge is 0.223 e. The second-order valence-corrected chi connectivity index (χ2v) is 4.98. The molecule has 3 heterocycles. The van der Waals surface area contributed by atoms with E-state index in [4.69, 9.17) is 10.5 Å². The van der Waals surface area contributed by atoms with Gasteiger partial charge in [0.2, 0.25) is 5.95 Å². The van der Waals surface area contributed by atoms with Crippen LogP contribution in [0.25, 0.3) is 10.2 Å². The van der Waals surface area contributed by atoms with Crippen LogP contribution >= 0.6 is 11.3 Å². The summed E-state index contributed by atoms with van der Waals surface area (Å²) in [4.78, 5) is 9.35. The topological polar surface area (TPSA) is 73.1 Å². The number of anilines is 2. The highest BCUT2D eigenvalue weighted by Crippen LogP contribution is 2.26. The van der Waals surface area contributed by atoms with E-state index in [0.717, 1.165) is 42.0 Å². The Morgan fingerprint density at radius 3 is 3.29 bits per heavy atom. The van der Waals surface area contributed by atoms with Gasteiger partial charge in [-0.1, -0.05) is 0 Å². The Hall–Kier alpha value is -1.40. The van der Waals surface area contributed by atoms with E-state index in [-0.39, 0.29) is 0 Å². The van der Waals surface area contributed by atoms with Crippen LogP contribution in [0.2, 0.25) is 0 Å². The summed E-state index contributed by atoms with van der Waals surface area (Å²) in [5.41, 5.74) is 5.68. The van der Waals surface area contributed by atoms with Crippen molar-refractivity contribution in [3.63, 3.8) is 0 Å². The number of rotatable bonds is 3. The molecule has 2 aromatic rings. The van der Waals surface area contributed by atoms with Crippen LogP contribution < -0.4 is 11.1 Å². The second-order valence-electron chi connectivity index (χ2n) is 4.09. The van der Waals surface area contributed by atoms with Crippen molar-refractivity contribution in [3.8, 4) is 0 Å². The third-order valence-corrected chi connectivity index (χ3v) is 3.67. The number of nitrogens with one attached hydrogen (secondary N) is 1. The molecule has 17 heavy (non-hydrogen) atoms. The van der Waals surface area contributed by atoms with E-state index in [0.29, 0.717) is 12.1 Å². The molecule has 1 aliphatic heterocycles. The quantitative estimate of drug-likeness (QED) is 0.870. The second kappa shape index (κ2) is 4.46. The van der Waals surface area contributed by atoms with Crippen LogP contribution in [0.1, 0.15) is 12.8 Å². The Morgan fingerprint density at radius 2 is 2.47 bits per heavy atom. The first-order valence-corrected chi connectivity index (χ1v) is 6.57. The van der Waals surface area contributed by atoms with Crippen molar-refractivity contribution in [3.05, 3.63) is 11.4 Å². The van der Waals surface area contributed by atoms with Gasteiger partial charge in [0.15, 0.2) is 0 Å². The monoisotopic (exact) mass is 250 g/mol. The van der Waals surface area contributed by atoms with Crippen molar-refractivity contribution in [2.45, 2.75) is 18.9 Å². The lowest BCUT2D eigenvalue weighted by Crippen LogP contribution is -2.19. The maximum atomic E-state index is 5.68. The van der Waals surface area contributed by atoms with Crippen molar-refractivity contribution in [1.82, 2.24) is 9.97 Å². The van der Waals surface area contributed by atoms with Crippen molar-refractivity contribution >= 4 is 33.3 Å². The lowest BCUT2D eigenvalue weighted by molar-refractivity contribution is 0.120. The van der Waals surface area contributed by atoms with Crippen LogP contribution in [0, 0.1) is 0 Å². The molecule has 1 fully saturated rings. The van der Waals surface area contributed by atoms with Crippen molar-refractivity contribution in [1.29, 1.82) is 0 Å². The summed E-state index contributed by atoms with van der Waals surface area (Å²) in [6, 6.07) is 2.01. The van der Waals surface area contributed by atoms with E-state index < -0.39 is 0 Å². The molecule has 0 saturated carbocycles. The van der Waals surface area contributed by atoms with Gasteiger partial charge in [0, 0.05) is 13.2 Å². The molecule has 0 radical (unpaired) electrons. The highest BCUT2D eigenvalue weighted by molar-refractivity contribution is 7.16. The van der Waals surface area contributed by atoms with Gasteiger partial charge in [0.1, 0.15) is 10.6 Å². The summed E-state index contributed by atoms with van der Waals surface area (Å²) in [6.45, 7) is 1.65. The van der Waals surface area contributed by atoms with Gasteiger partial charge in [-0.2, -0.15) is 4.98 Å². The van der Waals surface area contributed by atoms with Gasteiger partial charge in [-0.15, -0.1) is 11.3 Å². The summed E-state index contributed by atoms with van der Waals surface area (Å²) < 4.78 is 5.56.